The number of rotatable bonds is 8. The van der Waals surface area contributed by atoms with Gasteiger partial charge >= 0.3 is 6.18 Å². The smallest absolute Gasteiger partial charge is 0.313 e. The zero-order chi connectivity index (χ0) is 13.5. The van der Waals surface area contributed by atoms with Gasteiger partial charge in [-0.2, -0.15) is 13.2 Å². The Kier molecular flexibility index (Phi) is 7.79. The molecule has 0 aliphatic rings. The van der Waals surface area contributed by atoms with Gasteiger partial charge in [0.15, 0.2) is 0 Å². The summed E-state index contributed by atoms with van der Waals surface area (Å²) in [5.74, 6) is 0. The molecular formula is C12H25F3N2. The largest absolute Gasteiger partial charge is 0.401 e. The highest BCUT2D eigenvalue weighted by molar-refractivity contribution is 4.70. The number of nitrogens with zero attached hydrogens (tertiary/aromatic N) is 1. The van der Waals surface area contributed by atoms with Crippen molar-refractivity contribution in [2.45, 2.75) is 58.8 Å². The van der Waals surface area contributed by atoms with Crippen LogP contribution >= 0.6 is 0 Å². The Labute approximate surface area is 103 Å². The molecule has 0 aromatic rings. The summed E-state index contributed by atoms with van der Waals surface area (Å²) < 4.78 is 37.0. The van der Waals surface area contributed by atoms with Crippen molar-refractivity contribution in [3.63, 3.8) is 0 Å². The first-order valence-corrected chi connectivity index (χ1v) is 6.34. The molecule has 0 aliphatic carbocycles. The van der Waals surface area contributed by atoms with Crippen LogP contribution in [0.4, 0.5) is 13.2 Å². The van der Waals surface area contributed by atoms with Crippen LogP contribution in [0.3, 0.4) is 0 Å². The highest BCUT2D eigenvalue weighted by atomic mass is 19.4. The minimum absolute atomic E-state index is 0.0832. The van der Waals surface area contributed by atoms with Gasteiger partial charge in [0.1, 0.15) is 0 Å². The van der Waals surface area contributed by atoms with E-state index in [0.29, 0.717) is 19.1 Å². The second kappa shape index (κ2) is 7.93. The molecule has 0 heterocycles. The van der Waals surface area contributed by atoms with Crippen LogP contribution in [0, 0.1) is 0 Å². The summed E-state index contributed by atoms with van der Waals surface area (Å²) in [5, 5.41) is 3.28. The molecule has 1 N–H and O–H groups in total. The van der Waals surface area contributed by atoms with Crippen LogP contribution in [0.2, 0.25) is 0 Å². The number of hydrogen-bond donors (Lipinski definition) is 1. The average Bonchev–Trinajstić information content (AvgIpc) is 2.21. The number of hydrogen-bond acceptors (Lipinski definition) is 2. The minimum atomic E-state index is -4.11. The zero-order valence-electron chi connectivity index (χ0n) is 11.3. The molecular weight excluding hydrogens is 229 g/mol. The van der Waals surface area contributed by atoms with Crippen molar-refractivity contribution in [3.8, 4) is 0 Å². The molecule has 0 radical (unpaired) electrons. The molecule has 104 valence electrons. The van der Waals surface area contributed by atoms with Crippen molar-refractivity contribution >= 4 is 0 Å². The molecule has 5 heteroatoms. The van der Waals surface area contributed by atoms with E-state index in [2.05, 4.69) is 19.2 Å². The third-order valence-electron chi connectivity index (χ3n) is 2.93. The first kappa shape index (κ1) is 16.7. The summed E-state index contributed by atoms with van der Waals surface area (Å²) >= 11 is 0. The van der Waals surface area contributed by atoms with E-state index >= 15 is 0 Å². The zero-order valence-corrected chi connectivity index (χ0v) is 11.3. The quantitative estimate of drug-likeness (QED) is 0.716. The first-order chi connectivity index (χ1) is 7.80. The third-order valence-corrected chi connectivity index (χ3v) is 2.93. The highest BCUT2D eigenvalue weighted by Gasteiger charge is 2.31. The second-order valence-electron chi connectivity index (χ2n) is 4.65. The summed E-state index contributed by atoms with van der Waals surface area (Å²) in [6.45, 7) is 7.98. The van der Waals surface area contributed by atoms with E-state index in [9.17, 15) is 13.2 Å². The third kappa shape index (κ3) is 8.44. The number of halogens is 3. The molecule has 0 aliphatic heterocycles. The molecule has 0 atom stereocenters. The molecule has 2 nitrogen and oxygen atoms in total. The fraction of sp³-hybridized carbons (Fsp3) is 1.00. The number of nitrogens with one attached hydrogen (secondary N) is 1. The molecule has 0 aromatic carbocycles. The van der Waals surface area contributed by atoms with Crippen molar-refractivity contribution in [2.75, 3.05) is 19.6 Å². The van der Waals surface area contributed by atoms with Crippen molar-refractivity contribution in [1.82, 2.24) is 10.2 Å². The first-order valence-electron chi connectivity index (χ1n) is 6.34. The minimum Gasteiger partial charge on any atom is -0.313 e. The van der Waals surface area contributed by atoms with Crippen LogP contribution in [0.1, 0.15) is 40.5 Å². The SMILES string of the molecule is CCC(CC)NCCN(CC(F)(F)F)C(C)C. The van der Waals surface area contributed by atoms with Crippen LogP contribution in [-0.2, 0) is 0 Å². The van der Waals surface area contributed by atoms with E-state index in [-0.39, 0.29) is 6.04 Å². The van der Waals surface area contributed by atoms with Crippen LogP contribution in [0.5, 0.6) is 0 Å². The van der Waals surface area contributed by atoms with Crippen LogP contribution in [0.15, 0.2) is 0 Å². The Morgan fingerprint density at radius 3 is 2.00 bits per heavy atom. The van der Waals surface area contributed by atoms with Crippen molar-refractivity contribution in [3.05, 3.63) is 0 Å². The molecule has 0 saturated heterocycles. The standard InChI is InChI=1S/C12H25F3N2/c1-5-11(6-2)16-7-8-17(10(3)4)9-12(13,14)15/h10-11,16H,5-9H2,1-4H3. The molecule has 0 aromatic heterocycles. The van der Waals surface area contributed by atoms with Crippen LogP contribution < -0.4 is 5.32 Å². The van der Waals surface area contributed by atoms with E-state index in [0.717, 1.165) is 12.8 Å². The van der Waals surface area contributed by atoms with E-state index in [1.807, 2.05) is 0 Å². The normalized spacial score (nSPS) is 13.1. The maximum atomic E-state index is 12.3. The molecule has 17 heavy (non-hydrogen) atoms. The molecule has 0 unspecified atom stereocenters. The Morgan fingerprint density at radius 1 is 1.12 bits per heavy atom. The second-order valence-corrected chi connectivity index (χ2v) is 4.65. The summed E-state index contributed by atoms with van der Waals surface area (Å²) in [6.07, 6.45) is -2.09. The van der Waals surface area contributed by atoms with E-state index in [4.69, 9.17) is 0 Å². The van der Waals surface area contributed by atoms with E-state index in [1.54, 1.807) is 13.8 Å². The number of alkyl halides is 3. The van der Waals surface area contributed by atoms with Crippen molar-refractivity contribution in [2.24, 2.45) is 0 Å². The fourth-order valence-electron chi connectivity index (χ4n) is 1.74. The van der Waals surface area contributed by atoms with E-state index < -0.39 is 12.7 Å². The van der Waals surface area contributed by atoms with Gasteiger partial charge in [-0.1, -0.05) is 13.8 Å². The van der Waals surface area contributed by atoms with Crippen LogP contribution in [0.25, 0.3) is 0 Å². The predicted octanol–water partition coefficient (Wildman–Crippen LogP) is 3.04. The lowest BCUT2D eigenvalue weighted by atomic mass is 10.2. The predicted molar refractivity (Wildman–Crippen MR) is 65.1 cm³/mol. The average molecular weight is 254 g/mol. The van der Waals surface area contributed by atoms with Gasteiger partial charge in [-0.15, -0.1) is 0 Å². The highest BCUT2D eigenvalue weighted by Crippen LogP contribution is 2.17. The van der Waals surface area contributed by atoms with Gasteiger partial charge in [0.25, 0.3) is 0 Å². The van der Waals surface area contributed by atoms with Gasteiger partial charge in [-0.3, -0.25) is 4.90 Å². The summed E-state index contributed by atoms with van der Waals surface area (Å²) in [6, 6.07) is 0.329. The fourth-order valence-corrected chi connectivity index (χ4v) is 1.74. The van der Waals surface area contributed by atoms with Gasteiger partial charge in [0.2, 0.25) is 0 Å². The topological polar surface area (TPSA) is 15.3 Å². The molecule has 0 saturated carbocycles. The lowest BCUT2D eigenvalue weighted by Crippen LogP contribution is -2.44. The van der Waals surface area contributed by atoms with Gasteiger partial charge in [-0.05, 0) is 26.7 Å². The summed E-state index contributed by atoms with van der Waals surface area (Å²) in [4.78, 5) is 1.45. The monoisotopic (exact) mass is 254 g/mol. The van der Waals surface area contributed by atoms with Gasteiger partial charge in [0.05, 0.1) is 6.54 Å². The molecule has 0 rings (SSSR count). The van der Waals surface area contributed by atoms with Gasteiger partial charge in [0, 0.05) is 25.2 Å². The van der Waals surface area contributed by atoms with Crippen molar-refractivity contribution in [1.29, 1.82) is 0 Å². The molecule has 0 fully saturated rings. The van der Waals surface area contributed by atoms with Gasteiger partial charge in [-0.25, -0.2) is 0 Å². The Hall–Kier alpha value is -0.290. The Morgan fingerprint density at radius 2 is 1.65 bits per heavy atom. The Bertz CT molecular complexity index is 189. The lowest BCUT2D eigenvalue weighted by Gasteiger charge is -2.28. The molecule has 0 bridgehead atoms. The summed E-state index contributed by atoms with van der Waals surface area (Å²) in [5.41, 5.74) is 0. The Balaban J connectivity index is 4.02. The molecule has 0 spiro atoms. The maximum Gasteiger partial charge on any atom is 0.401 e. The van der Waals surface area contributed by atoms with E-state index in [1.165, 1.54) is 4.90 Å². The van der Waals surface area contributed by atoms with Gasteiger partial charge < -0.3 is 5.32 Å². The maximum absolute atomic E-state index is 12.3. The van der Waals surface area contributed by atoms with Crippen molar-refractivity contribution < 1.29 is 13.2 Å². The molecule has 0 amide bonds. The summed E-state index contributed by atoms with van der Waals surface area (Å²) in [7, 11) is 0. The van der Waals surface area contributed by atoms with Crippen LogP contribution in [-0.4, -0.2) is 42.8 Å². The lowest BCUT2D eigenvalue weighted by molar-refractivity contribution is -0.149.